The summed E-state index contributed by atoms with van der Waals surface area (Å²) < 4.78 is 11.2. The molecule has 8 heteroatoms. The minimum Gasteiger partial charge on any atom is -0.504 e. The normalized spacial score (nSPS) is 12.0. The number of fused-ring (bicyclic) bond motifs is 1. The molecule has 28 heavy (non-hydrogen) atoms. The first-order valence-electron chi connectivity index (χ1n) is 8.51. The van der Waals surface area contributed by atoms with E-state index in [-0.39, 0.29) is 23.5 Å². The number of pyridine rings is 1. The van der Waals surface area contributed by atoms with Gasteiger partial charge in [0.1, 0.15) is 5.65 Å². The van der Waals surface area contributed by atoms with Crippen molar-refractivity contribution < 1.29 is 24.5 Å². The van der Waals surface area contributed by atoms with Crippen LogP contribution in [0.15, 0.2) is 41.3 Å². The summed E-state index contributed by atoms with van der Waals surface area (Å²) in [4.78, 5) is 29.2. The van der Waals surface area contributed by atoms with E-state index >= 15 is 0 Å². The summed E-state index contributed by atoms with van der Waals surface area (Å²) in [6, 6.07) is 7.87. The highest BCUT2D eigenvalue weighted by Gasteiger charge is 2.27. The van der Waals surface area contributed by atoms with Crippen molar-refractivity contribution in [2.45, 2.75) is 19.3 Å². The predicted molar refractivity (Wildman–Crippen MR) is 101 cm³/mol. The number of phenolic OH excluding ortho intramolecular Hbond substituents is 1. The summed E-state index contributed by atoms with van der Waals surface area (Å²) >= 11 is 0. The Bertz CT molecular complexity index is 1110. The van der Waals surface area contributed by atoms with Crippen molar-refractivity contribution in [2.75, 3.05) is 14.2 Å². The SMILES string of the molecule is COC(=O)C[C@H](c1ccc(O)c(OC)c1)c1c(O)nc2cc(C)ccn2c1=O. The lowest BCUT2D eigenvalue weighted by Gasteiger charge is -2.18. The van der Waals surface area contributed by atoms with Gasteiger partial charge in [-0.25, -0.2) is 0 Å². The quantitative estimate of drug-likeness (QED) is 0.648. The van der Waals surface area contributed by atoms with Crippen LogP contribution >= 0.6 is 0 Å². The van der Waals surface area contributed by atoms with Crippen molar-refractivity contribution in [3.8, 4) is 17.4 Å². The molecule has 1 aromatic carbocycles. The van der Waals surface area contributed by atoms with Crippen LogP contribution in [0.5, 0.6) is 17.4 Å². The van der Waals surface area contributed by atoms with E-state index in [1.165, 1.54) is 30.8 Å². The van der Waals surface area contributed by atoms with Crippen molar-refractivity contribution in [3.05, 3.63) is 63.6 Å². The van der Waals surface area contributed by atoms with Gasteiger partial charge in [-0.1, -0.05) is 6.07 Å². The summed E-state index contributed by atoms with van der Waals surface area (Å²) in [6.45, 7) is 1.85. The molecule has 0 radical (unpaired) electrons. The molecule has 3 aromatic rings. The van der Waals surface area contributed by atoms with E-state index in [9.17, 15) is 19.8 Å². The molecule has 1 atom stereocenters. The molecular weight excluding hydrogens is 364 g/mol. The molecule has 0 aliphatic heterocycles. The molecule has 2 aromatic heterocycles. The highest BCUT2D eigenvalue weighted by Crippen LogP contribution is 2.36. The third-order valence-corrected chi connectivity index (χ3v) is 4.55. The lowest BCUT2D eigenvalue weighted by atomic mass is 9.89. The number of ether oxygens (including phenoxy) is 2. The molecule has 146 valence electrons. The van der Waals surface area contributed by atoms with Crippen molar-refractivity contribution in [1.82, 2.24) is 9.38 Å². The second kappa shape index (κ2) is 7.59. The van der Waals surface area contributed by atoms with Crippen molar-refractivity contribution in [1.29, 1.82) is 0 Å². The molecule has 0 fully saturated rings. The highest BCUT2D eigenvalue weighted by atomic mass is 16.5. The maximum absolute atomic E-state index is 13.1. The maximum Gasteiger partial charge on any atom is 0.306 e. The first-order valence-corrected chi connectivity index (χ1v) is 8.51. The van der Waals surface area contributed by atoms with Crippen LogP contribution in [0, 0.1) is 6.92 Å². The van der Waals surface area contributed by atoms with Gasteiger partial charge in [0.15, 0.2) is 11.5 Å². The van der Waals surface area contributed by atoms with Crippen molar-refractivity contribution in [2.24, 2.45) is 0 Å². The van der Waals surface area contributed by atoms with Gasteiger partial charge in [-0.15, -0.1) is 0 Å². The van der Waals surface area contributed by atoms with Crippen LogP contribution in [-0.2, 0) is 9.53 Å². The predicted octanol–water partition coefficient (Wildman–Crippen LogP) is 2.12. The van der Waals surface area contributed by atoms with Gasteiger partial charge in [0.05, 0.1) is 26.2 Å². The monoisotopic (exact) mass is 384 g/mol. The van der Waals surface area contributed by atoms with Gasteiger partial charge in [0, 0.05) is 12.1 Å². The van der Waals surface area contributed by atoms with Gasteiger partial charge in [-0.2, -0.15) is 4.98 Å². The third kappa shape index (κ3) is 3.48. The van der Waals surface area contributed by atoms with Gasteiger partial charge >= 0.3 is 5.97 Å². The molecule has 2 N–H and O–H groups in total. The van der Waals surface area contributed by atoms with Crippen LogP contribution in [-0.4, -0.2) is 39.8 Å². The molecule has 0 aliphatic carbocycles. The van der Waals surface area contributed by atoms with Gasteiger partial charge in [-0.3, -0.25) is 14.0 Å². The summed E-state index contributed by atoms with van der Waals surface area (Å²) in [5.41, 5.74) is 1.13. The van der Waals surface area contributed by atoms with Crippen molar-refractivity contribution in [3.63, 3.8) is 0 Å². The fourth-order valence-corrected chi connectivity index (χ4v) is 3.09. The number of nitrogens with zero attached hydrogens (tertiary/aromatic N) is 2. The number of carbonyl (C=O) groups excluding carboxylic acids is 1. The zero-order chi connectivity index (χ0) is 20.4. The number of aromatic nitrogens is 2. The lowest BCUT2D eigenvalue weighted by molar-refractivity contribution is -0.140. The van der Waals surface area contributed by atoms with E-state index in [2.05, 4.69) is 4.98 Å². The van der Waals surface area contributed by atoms with E-state index < -0.39 is 23.3 Å². The summed E-state index contributed by atoms with van der Waals surface area (Å²) in [6.07, 6.45) is 1.36. The molecule has 2 heterocycles. The zero-order valence-electron chi connectivity index (χ0n) is 15.7. The first-order chi connectivity index (χ1) is 13.3. The molecule has 0 spiro atoms. The van der Waals surface area contributed by atoms with Crippen LogP contribution in [0.2, 0.25) is 0 Å². The molecule has 8 nitrogen and oxygen atoms in total. The number of esters is 1. The highest BCUT2D eigenvalue weighted by molar-refractivity contribution is 5.71. The first kappa shape index (κ1) is 19.2. The number of methoxy groups -OCH3 is 2. The van der Waals surface area contributed by atoms with Gasteiger partial charge in [-0.05, 0) is 42.3 Å². The average molecular weight is 384 g/mol. The van der Waals surface area contributed by atoms with E-state index in [4.69, 9.17) is 9.47 Å². The fraction of sp³-hybridized carbons (Fsp3) is 0.250. The largest absolute Gasteiger partial charge is 0.504 e. The Morgan fingerprint density at radius 3 is 2.64 bits per heavy atom. The molecule has 0 aliphatic rings. The summed E-state index contributed by atoms with van der Waals surface area (Å²) in [5.74, 6) is -1.78. The number of benzene rings is 1. The Morgan fingerprint density at radius 2 is 1.96 bits per heavy atom. The van der Waals surface area contributed by atoms with Crippen molar-refractivity contribution >= 4 is 11.6 Å². The lowest BCUT2D eigenvalue weighted by Crippen LogP contribution is -2.24. The molecule has 0 amide bonds. The maximum atomic E-state index is 13.1. The molecular formula is C20H20N2O6. The molecule has 0 saturated heterocycles. The van der Waals surface area contributed by atoms with E-state index in [0.717, 1.165) is 5.56 Å². The number of aryl methyl sites for hydroxylation is 1. The number of aromatic hydroxyl groups is 2. The van der Waals surface area contributed by atoms with E-state index in [1.54, 1.807) is 24.4 Å². The Labute approximate surface area is 160 Å². The number of phenols is 1. The number of carbonyl (C=O) groups is 1. The molecule has 0 bridgehead atoms. The number of rotatable bonds is 5. The van der Waals surface area contributed by atoms with Gasteiger partial charge in [0.2, 0.25) is 5.88 Å². The fourth-order valence-electron chi connectivity index (χ4n) is 3.09. The minimum atomic E-state index is -0.847. The zero-order valence-corrected chi connectivity index (χ0v) is 15.7. The summed E-state index contributed by atoms with van der Waals surface area (Å²) in [5, 5.41) is 20.4. The minimum absolute atomic E-state index is 0.0421. The smallest absolute Gasteiger partial charge is 0.306 e. The number of hydrogen-bond donors (Lipinski definition) is 2. The third-order valence-electron chi connectivity index (χ3n) is 4.55. The topological polar surface area (TPSA) is 110 Å². The van der Waals surface area contributed by atoms with E-state index in [1.807, 2.05) is 6.92 Å². The average Bonchev–Trinajstić information content (AvgIpc) is 2.67. The summed E-state index contributed by atoms with van der Waals surface area (Å²) in [7, 11) is 2.63. The van der Waals surface area contributed by atoms with Gasteiger partial charge < -0.3 is 19.7 Å². The Balaban J connectivity index is 2.25. The standard InChI is InChI=1S/C20H20N2O6/c1-11-6-7-22-16(8-11)21-19(25)18(20(22)26)13(10-17(24)28-3)12-4-5-14(23)15(9-12)27-2/h4-9,13,23,25H,10H2,1-3H3/t13-/m1/s1. The van der Waals surface area contributed by atoms with Crippen LogP contribution < -0.4 is 10.3 Å². The van der Waals surface area contributed by atoms with Crippen LogP contribution in [0.25, 0.3) is 5.65 Å². The second-order valence-corrected chi connectivity index (χ2v) is 6.35. The van der Waals surface area contributed by atoms with Gasteiger partial charge in [0.25, 0.3) is 5.56 Å². The molecule has 0 unspecified atom stereocenters. The van der Waals surface area contributed by atoms with Crippen LogP contribution in [0.3, 0.4) is 0 Å². The van der Waals surface area contributed by atoms with E-state index in [0.29, 0.717) is 11.2 Å². The Hall–Kier alpha value is -3.55. The molecule has 0 saturated carbocycles. The van der Waals surface area contributed by atoms with Crippen LogP contribution in [0.1, 0.15) is 29.0 Å². The second-order valence-electron chi connectivity index (χ2n) is 6.35. The Kier molecular flexibility index (Phi) is 5.21. The number of hydrogen-bond acceptors (Lipinski definition) is 7. The van der Waals surface area contributed by atoms with Crippen LogP contribution in [0.4, 0.5) is 0 Å². The molecule has 3 rings (SSSR count). The Morgan fingerprint density at radius 1 is 1.21 bits per heavy atom.